The summed E-state index contributed by atoms with van der Waals surface area (Å²) in [4.78, 5) is 12.0. The van der Waals surface area contributed by atoms with E-state index in [4.69, 9.17) is 17.3 Å². The molecule has 2 rings (SSSR count). The first-order valence-corrected chi connectivity index (χ1v) is 5.66. The van der Waals surface area contributed by atoms with Crippen molar-refractivity contribution in [2.24, 2.45) is 0 Å². The van der Waals surface area contributed by atoms with Crippen molar-refractivity contribution in [1.29, 1.82) is 0 Å². The van der Waals surface area contributed by atoms with Gasteiger partial charge in [0.25, 0.3) is 0 Å². The number of rotatable bonds is 3. The zero-order valence-corrected chi connectivity index (χ0v) is 9.95. The van der Waals surface area contributed by atoms with Crippen LogP contribution in [0, 0.1) is 0 Å². The fourth-order valence-corrected chi connectivity index (χ4v) is 1.84. The third-order valence-corrected chi connectivity index (χ3v) is 2.70. The summed E-state index contributed by atoms with van der Waals surface area (Å²) in [5.74, 6) is 0.0399. The fraction of sp³-hybridized carbons (Fsp3) is 0.0714. The lowest BCUT2D eigenvalue weighted by molar-refractivity contribution is 0.0993. The molecular weight excluding hydrogens is 234 g/mol. The van der Waals surface area contributed by atoms with Crippen molar-refractivity contribution in [3.05, 3.63) is 64.7 Å². The van der Waals surface area contributed by atoms with Gasteiger partial charge in [-0.05, 0) is 29.8 Å². The van der Waals surface area contributed by atoms with Crippen LogP contribution >= 0.6 is 11.6 Å². The summed E-state index contributed by atoms with van der Waals surface area (Å²) >= 11 is 5.84. The maximum absolute atomic E-state index is 12.0. The number of hydrogen-bond donors (Lipinski definition) is 1. The first-order chi connectivity index (χ1) is 8.15. The van der Waals surface area contributed by atoms with Crippen LogP contribution in [0.3, 0.4) is 0 Å². The molecule has 0 spiro atoms. The zero-order chi connectivity index (χ0) is 12.3. The molecule has 2 nitrogen and oxygen atoms in total. The molecule has 0 aliphatic heterocycles. The predicted molar refractivity (Wildman–Crippen MR) is 70.3 cm³/mol. The molecule has 0 aliphatic rings. The Balaban J connectivity index is 2.17. The highest BCUT2D eigenvalue weighted by Crippen LogP contribution is 2.14. The standard InChI is InChI=1S/C14H12ClNO/c15-12-5-2-4-11(9-12)14(17)8-10-3-1-6-13(16)7-10/h1-7,9H,8,16H2. The minimum absolute atomic E-state index is 0.0399. The second kappa shape index (κ2) is 5.02. The second-order valence-electron chi connectivity index (χ2n) is 3.86. The minimum Gasteiger partial charge on any atom is -0.399 e. The van der Waals surface area contributed by atoms with Crippen LogP contribution in [0.5, 0.6) is 0 Å². The van der Waals surface area contributed by atoms with Gasteiger partial charge in [0.2, 0.25) is 0 Å². The number of Topliss-reactive ketones (excluding diaryl/α,β-unsaturated/α-hetero) is 1. The van der Waals surface area contributed by atoms with E-state index in [1.165, 1.54) is 0 Å². The number of carbonyl (C=O) groups excluding carboxylic acids is 1. The highest BCUT2D eigenvalue weighted by molar-refractivity contribution is 6.31. The molecule has 2 N–H and O–H groups in total. The summed E-state index contributed by atoms with van der Waals surface area (Å²) in [6, 6.07) is 14.3. The molecule has 0 heterocycles. The van der Waals surface area contributed by atoms with Gasteiger partial charge >= 0.3 is 0 Å². The van der Waals surface area contributed by atoms with E-state index in [9.17, 15) is 4.79 Å². The second-order valence-corrected chi connectivity index (χ2v) is 4.29. The van der Waals surface area contributed by atoms with Crippen LogP contribution < -0.4 is 5.73 Å². The van der Waals surface area contributed by atoms with Crippen molar-refractivity contribution in [1.82, 2.24) is 0 Å². The molecule has 0 saturated heterocycles. The van der Waals surface area contributed by atoms with E-state index in [1.54, 1.807) is 30.3 Å². The Labute approximate surface area is 105 Å². The topological polar surface area (TPSA) is 43.1 Å². The van der Waals surface area contributed by atoms with Crippen LogP contribution in [-0.4, -0.2) is 5.78 Å². The average molecular weight is 246 g/mol. The molecular formula is C14H12ClNO. The number of benzene rings is 2. The normalized spacial score (nSPS) is 10.2. The minimum atomic E-state index is 0.0399. The number of halogens is 1. The number of nitrogen functional groups attached to an aromatic ring is 1. The van der Waals surface area contributed by atoms with Gasteiger partial charge in [0.05, 0.1) is 0 Å². The molecule has 0 saturated carbocycles. The summed E-state index contributed by atoms with van der Waals surface area (Å²) in [5, 5.41) is 0.573. The Morgan fingerprint density at radius 1 is 1.12 bits per heavy atom. The molecule has 2 aromatic carbocycles. The van der Waals surface area contributed by atoms with Crippen LogP contribution in [0.4, 0.5) is 5.69 Å². The van der Waals surface area contributed by atoms with Crippen LogP contribution in [0.25, 0.3) is 0 Å². The lowest BCUT2D eigenvalue weighted by atomic mass is 10.0. The molecule has 2 aromatic rings. The summed E-state index contributed by atoms with van der Waals surface area (Å²) in [7, 11) is 0. The van der Waals surface area contributed by atoms with Crippen molar-refractivity contribution in [2.45, 2.75) is 6.42 Å². The maximum atomic E-state index is 12.0. The third-order valence-electron chi connectivity index (χ3n) is 2.46. The molecule has 0 atom stereocenters. The van der Waals surface area contributed by atoms with Crippen LogP contribution in [0.1, 0.15) is 15.9 Å². The van der Waals surface area contributed by atoms with E-state index in [0.29, 0.717) is 22.7 Å². The summed E-state index contributed by atoms with van der Waals surface area (Å²) in [5.41, 5.74) is 7.87. The molecule has 86 valence electrons. The molecule has 0 radical (unpaired) electrons. The molecule has 0 aliphatic carbocycles. The number of nitrogens with two attached hydrogens (primary N) is 1. The number of carbonyl (C=O) groups is 1. The highest BCUT2D eigenvalue weighted by atomic mass is 35.5. The molecule has 17 heavy (non-hydrogen) atoms. The Morgan fingerprint density at radius 3 is 2.59 bits per heavy atom. The van der Waals surface area contributed by atoms with Crippen molar-refractivity contribution in [3.63, 3.8) is 0 Å². The first-order valence-electron chi connectivity index (χ1n) is 5.28. The van der Waals surface area contributed by atoms with E-state index in [-0.39, 0.29) is 5.78 Å². The summed E-state index contributed by atoms with van der Waals surface area (Å²) in [6.45, 7) is 0. The van der Waals surface area contributed by atoms with Crippen molar-refractivity contribution < 1.29 is 4.79 Å². The third kappa shape index (κ3) is 3.08. The highest BCUT2D eigenvalue weighted by Gasteiger charge is 2.07. The van der Waals surface area contributed by atoms with Gasteiger partial charge in [-0.15, -0.1) is 0 Å². The monoisotopic (exact) mass is 245 g/mol. The van der Waals surface area contributed by atoms with Gasteiger partial charge < -0.3 is 5.73 Å². The zero-order valence-electron chi connectivity index (χ0n) is 9.19. The SMILES string of the molecule is Nc1cccc(CC(=O)c2cccc(Cl)c2)c1. The molecule has 0 fully saturated rings. The van der Waals surface area contributed by atoms with Gasteiger partial charge in [-0.1, -0.05) is 35.9 Å². The van der Waals surface area contributed by atoms with E-state index in [2.05, 4.69) is 0 Å². The molecule has 0 aromatic heterocycles. The predicted octanol–water partition coefficient (Wildman–Crippen LogP) is 3.35. The Bertz CT molecular complexity index is 551. The quantitative estimate of drug-likeness (QED) is 0.666. The van der Waals surface area contributed by atoms with E-state index < -0.39 is 0 Å². The van der Waals surface area contributed by atoms with Crippen molar-refractivity contribution in [2.75, 3.05) is 5.73 Å². The molecule has 0 bridgehead atoms. The number of anilines is 1. The molecule has 0 amide bonds. The van der Waals surface area contributed by atoms with Gasteiger partial charge in [-0.25, -0.2) is 0 Å². The number of hydrogen-bond acceptors (Lipinski definition) is 2. The van der Waals surface area contributed by atoms with Crippen molar-refractivity contribution in [3.8, 4) is 0 Å². The van der Waals surface area contributed by atoms with Gasteiger partial charge in [0, 0.05) is 22.7 Å². The lowest BCUT2D eigenvalue weighted by Gasteiger charge is -2.03. The van der Waals surface area contributed by atoms with Crippen LogP contribution in [0.15, 0.2) is 48.5 Å². The van der Waals surface area contributed by atoms with Gasteiger partial charge in [0.1, 0.15) is 0 Å². The van der Waals surface area contributed by atoms with E-state index >= 15 is 0 Å². The van der Waals surface area contributed by atoms with Gasteiger partial charge in [-0.3, -0.25) is 4.79 Å². The summed E-state index contributed by atoms with van der Waals surface area (Å²) in [6.07, 6.45) is 0.339. The van der Waals surface area contributed by atoms with Crippen LogP contribution in [0.2, 0.25) is 5.02 Å². The maximum Gasteiger partial charge on any atom is 0.167 e. The fourth-order valence-electron chi connectivity index (χ4n) is 1.65. The van der Waals surface area contributed by atoms with Gasteiger partial charge in [0.15, 0.2) is 5.78 Å². The summed E-state index contributed by atoms with van der Waals surface area (Å²) < 4.78 is 0. The van der Waals surface area contributed by atoms with E-state index in [1.807, 2.05) is 18.2 Å². The van der Waals surface area contributed by atoms with E-state index in [0.717, 1.165) is 5.56 Å². The molecule has 3 heteroatoms. The number of ketones is 1. The first kappa shape index (κ1) is 11.7. The Kier molecular flexibility index (Phi) is 3.45. The lowest BCUT2D eigenvalue weighted by Crippen LogP contribution is -2.03. The smallest absolute Gasteiger partial charge is 0.167 e. The Hall–Kier alpha value is -1.80. The molecule has 0 unspecified atom stereocenters. The largest absolute Gasteiger partial charge is 0.399 e. The Morgan fingerprint density at radius 2 is 1.88 bits per heavy atom. The average Bonchev–Trinajstić information content (AvgIpc) is 2.29. The van der Waals surface area contributed by atoms with Gasteiger partial charge in [-0.2, -0.15) is 0 Å². The van der Waals surface area contributed by atoms with Crippen molar-refractivity contribution >= 4 is 23.1 Å². The van der Waals surface area contributed by atoms with Crippen LogP contribution in [-0.2, 0) is 6.42 Å².